The molecule has 3 nitrogen and oxygen atoms in total. The quantitative estimate of drug-likeness (QED) is 0.625. The molecule has 0 aromatic heterocycles. The molecule has 0 radical (unpaired) electrons. The molecule has 0 bridgehead atoms. The monoisotopic (exact) mass is 242 g/mol. The minimum Gasteiger partial charge on any atom is -0.324 e. The van der Waals surface area contributed by atoms with E-state index in [-0.39, 0.29) is 5.91 Å². The highest BCUT2D eigenvalue weighted by molar-refractivity contribution is 5.89. The van der Waals surface area contributed by atoms with Crippen LogP contribution in [0.15, 0.2) is 59.2 Å². The van der Waals surface area contributed by atoms with Gasteiger partial charge in [-0.15, -0.1) is 0 Å². The summed E-state index contributed by atoms with van der Waals surface area (Å²) < 4.78 is 0. The third-order valence-electron chi connectivity index (χ3n) is 2.16. The fraction of sp³-hybridized carbons (Fsp3) is 0.200. The van der Waals surface area contributed by atoms with E-state index in [1.165, 1.54) is 0 Å². The van der Waals surface area contributed by atoms with Crippen LogP contribution < -0.4 is 5.32 Å². The summed E-state index contributed by atoms with van der Waals surface area (Å²) in [7, 11) is 1.66. The predicted molar refractivity (Wildman–Crippen MR) is 75.6 cm³/mol. The van der Waals surface area contributed by atoms with E-state index in [0.29, 0.717) is 12.1 Å². The Kier molecular flexibility index (Phi) is 5.58. The van der Waals surface area contributed by atoms with E-state index in [9.17, 15) is 4.79 Å². The topological polar surface area (TPSA) is 41.5 Å². The molecule has 18 heavy (non-hydrogen) atoms. The maximum absolute atomic E-state index is 11.8. The Morgan fingerprint density at radius 2 is 2.06 bits per heavy atom. The molecule has 0 aliphatic carbocycles. The average Bonchev–Trinajstić information content (AvgIpc) is 2.29. The van der Waals surface area contributed by atoms with Crippen LogP contribution in [0.1, 0.15) is 12.5 Å². The molecule has 1 aromatic carbocycles. The smallest absolute Gasteiger partial charge is 0.228 e. The van der Waals surface area contributed by atoms with Crippen molar-refractivity contribution < 1.29 is 4.79 Å². The highest BCUT2D eigenvalue weighted by atomic mass is 16.1. The maximum Gasteiger partial charge on any atom is 0.228 e. The van der Waals surface area contributed by atoms with Gasteiger partial charge in [-0.2, -0.15) is 0 Å². The first-order valence-corrected chi connectivity index (χ1v) is 5.75. The molecule has 0 aliphatic heterocycles. The Morgan fingerprint density at radius 3 is 2.61 bits per heavy atom. The minimum absolute atomic E-state index is 0.0615. The lowest BCUT2D eigenvalue weighted by Gasteiger charge is -2.06. The predicted octanol–water partition coefficient (Wildman–Crippen LogP) is 2.51. The molecule has 0 spiro atoms. The number of allylic oxidation sites excluding steroid dienone is 3. The van der Waals surface area contributed by atoms with Crippen LogP contribution in [0, 0.1) is 0 Å². The molecule has 0 heterocycles. The lowest BCUT2D eigenvalue weighted by atomic mass is 10.1. The van der Waals surface area contributed by atoms with Gasteiger partial charge in [0, 0.05) is 13.3 Å². The van der Waals surface area contributed by atoms with Gasteiger partial charge in [0.2, 0.25) is 5.91 Å². The Morgan fingerprint density at radius 1 is 1.39 bits per heavy atom. The molecule has 0 aliphatic rings. The van der Waals surface area contributed by atoms with Gasteiger partial charge in [0.15, 0.2) is 0 Å². The minimum atomic E-state index is -0.0615. The third-order valence-corrected chi connectivity index (χ3v) is 2.16. The molecule has 0 saturated carbocycles. The maximum atomic E-state index is 11.8. The van der Waals surface area contributed by atoms with E-state index in [0.717, 1.165) is 11.1 Å². The molecular formula is C15H18N2O. The first-order valence-electron chi connectivity index (χ1n) is 5.75. The number of amides is 1. The van der Waals surface area contributed by atoms with Crippen LogP contribution in [0.5, 0.6) is 0 Å². The van der Waals surface area contributed by atoms with E-state index in [1.807, 2.05) is 37.3 Å². The fourth-order valence-electron chi connectivity index (χ4n) is 1.50. The van der Waals surface area contributed by atoms with Gasteiger partial charge >= 0.3 is 0 Å². The zero-order valence-electron chi connectivity index (χ0n) is 10.8. The molecular weight excluding hydrogens is 224 g/mol. The van der Waals surface area contributed by atoms with Gasteiger partial charge in [0.05, 0.1) is 12.1 Å². The van der Waals surface area contributed by atoms with Crippen LogP contribution in [-0.4, -0.2) is 19.2 Å². The number of nitrogens with zero attached hydrogens (tertiary/aromatic N) is 1. The largest absolute Gasteiger partial charge is 0.324 e. The number of aliphatic imine (C=N–C) groups is 1. The summed E-state index contributed by atoms with van der Waals surface area (Å²) in [6.45, 7) is 5.65. The molecule has 1 rings (SSSR count). The van der Waals surface area contributed by atoms with Gasteiger partial charge in [0.1, 0.15) is 0 Å². The first kappa shape index (κ1) is 13.9. The standard InChI is InChI=1S/C15H18N2O/c1-12(2)9-14(11-16-3)17-15(18)10-13-7-5-4-6-8-13/h4-9,11H,1,10H2,2-3H3,(H,17,18)/b14-9+,16-11?. The SMILES string of the molecule is C=C(C)/C=C(\C=NC)NC(=O)Cc1ccccc1. The zero-order valence-corrected chi connectivity index (χ0v) is 10.8. The molecule has 3 heteroatoms. The number of rotatable bonds is 5. The number of carbonyl (C=O) groups is 1. The van der Waals surface area contributed by atoms with Crippen LogP contribution in [0.4, 0.5) is 0 Å². The van der Waals surface area contributed by atoms with Crippen molar-refractivity contribution in [3.63, 3.8) is 0 Å². The Bertz CT molecular complexity index is 473. The number of hydrogen-bond donors (Lipinski definition) is 1. The van der Waals surface area contributed by atoms with Crippen LogP contribution in [0.3, 0.4) is 0 Å². The summed E-state index contributed by atoms with van der Waals surface area (Å²) in [6.07, 6.45) is 3.75. The van der Waals surface area contributed by atoms with Crippen LogP contribution in [-0.2, 0) is 11.2 Å². The molecule has 0 fully saturated rings. The highest BCUT2D eigenvalue weighted by Gasteiger charge is 2.04. The van der Waals surface area contributed by atoms with Crippen LogP contribution in [0.2, 0.25) is 0 Å². The number of nitrogens with one attached hydrogen (secondary N) is 1. The highest BCUT2D eigenvalue weighted by Crippen LogP contribution is 2.01. The van der Waals surface area contributed by atoms with Gasteiger partial charge in [-0.1, -0.05) is 42.5 Å². The normalized spacial score (nSPS) is 11.6. The second-order valence-corrected chi connectivity index (χ2v) is 4.04. The van der Waals surface area contributed by atoms with Gasteiger partial charge in [-0.3, -0.25) is 9.79 Å². The second kappa shape index (κ2) is 7.22. The van der Waals surface area contributed by atoms with Crippen LogP contribution >= 0.6 is 0 Å². The second-order valence-electron chi connectivity index (χ2n) is 4.04. The van der Waals surface area contributed by atoms with Crippen molar-refractivity contribution >= 4 is 12.1 Å². The zero-order chi connectivity index (χ0) is 13.4. The molecule has 0 saturated heterocycles. The van der Waals surface area contributed by atoms with Crippen molar-refractivity contribution in [1.29, 1.82) is 0 Å². The molecule has 94 valence electrons. The van der Waals surface area contributed by atoms with Crippen molar-refractivity contribution in [1.82, 2.24) is 5.32 Å². The lowest BCUT2D eigenvalue weighted by molar-refractivity contribution is -0.119. The molecule has 1 aromatic rings. The van der Waals surface area contributed by atoms with Crippen molar-refractivity contribution in [3.05, 3.63) is 59.8 Å². The van der Waals surface area contributed by atoms with Crippen molar-refractivity contribution in [3.8, 4) is 0 Å². The third kappa shape index (κ3) is 5.25. The number of benzene rings is 1. The van der Waals surface area contributed by atoms with E-state index < -0.39 is 0 Å². The molecule has 1 N–H and O–H groups in total. The Hall–Kier alpha value is -2.16. The summed E-state index contributed by atoms with van der Waals surface area (Å²) in [5.41, 5.74) is 2.51. The van der Waals surface area contributed by atoms with Gasteiger partial charge < -0.3 is 5.32 Å². The van der Waals surface area contributed by atoms with Gasteiger partial charge in [-0.05, 0) is 18.6 Å². The lowest BCUT2D eigenvalue weighted by Crippen LogP contribution is -2.25. The summed E-state index contributed by atoms with van der Waals surface area (Å²) in [4.78, 5) is 15.7. The van der Waals surface area contributed by atoms with E-state index in [2.05, 4.69) is 16.9 Å². The Balaban J connectivity index is 2.65. The summed E-state index contributed by atoms with van der Waals surface area (Å²) in [6, 6.07) is 9.62. The van der Waals surface area contributed by atoms with E-state index in [1.54, 1.807) is 19.3 Å². The molecule has 0 atom stereocenters. The molecule has 0 unspecified atom stereocenters. The average molecular weight is 242 g/mol. The number of hydrogen-bond acceptors (Lipinski definition) is 2. The van der Waals surface area contributed by atoms with Gasteiger partial charge in [-0.25, -0.2) is 0 Å². The summed E-state index contributed by atoms with van der Waals surface area (Å²) in [5, 5.41) is 2.81. The summed E-state index contributed by atoms with van der Waals surface area (Å²) in [5.74, 6) is -0.0615. The fourth-order valence-corrected chi connectivity index (χ4v) is 1.50. The van der Waals surface area contributed by atoms with Crippen LogP contribution in [0.25, 0.3) is 0 Å². The van der Waals surface area contributed by atoms with Crippen molar-refractivity contribution in [2.75, 3.05) is 7.05 Å². The molecule has 1 amide bonds. The Labute approximate surface area is 108 Å². The van der Waals surface area contributed by atoms with Crippen molar-refractivity contribution in [2.24, 2.45) is 4.99 Å². The van der Waals surface area contributed by atoms with Crippen molar-refractivity contribution in [2.45, 2.75) is 13.3 Å². The first-order chi connectivity index (χ1) is 8.61. The van der Waals surface area contributed by atoms with E-state index >= 15 is 0 Å². The van der Waals surface area contributed by atoms with E-state index in [4.69, 9.17) is 0 Å². The summed E-state index contributed by atoms with van der Waals surface area (Å²) >= 11 is 0. The van der Waals surface area contributed by atoms with Gasteiger partial charge in [0.25, 0.3) is 0 Å². The number of carbonyl (C=O) groups excluding carboxylic acids is 1.